The van der Waals surface area contributed by atoms with E-state index in [0.717, 1.165) is 30.8 Å². The van der Waals surface area contributed by atoms with E-state index in [-0.39, 0.29) is 17.6 Å². The molecule has 2 heterocycles. The molecule has 1 amide bonds. The Labute approximate surface area is 174 Å². The predicted molar refractivity (Wildman–Crippen MR) is 113 cm³/mol. The highest BCUT2D eigenvalue weighted by Gasteiger charge is 2.26. The van der Waals surface area contributed by atoms with Crippen LogP contribution in [0.5, 0.6) is 5.75 Å². The van der Waals surface area contributed by atoms with Crippen LogP contribution < -0.4 is 10.1 Å². The van der Waals surface area contributed by atoms with Gasteiger partial charge in [-0.3, -0.25) is 4.79 Å². The third kappa shape index (κ3) is 4.56. The molecule has 1 saturated heterocycles. The largest absolute Gasteiger partial charge is 0.497 e. The third-order valence-corrected chi connectivity index (χ3v) is 5.24. The number of nitrogens with zero attached hydrogens (tertiary/aromatic N) is 3. The van der Waals surface area contributed by atoms with E-state index in [0.29, 0.717) is 23.7 Å². The molecule has 0 radical (unpaired) electrons. The summed E-state index contributed by atoms with van der Waals surface area (Å²) in [7, 11) is 1.60. The lowest BCUT2D eigenvalue weighted by molar-refractivity contribution is 0.0706. The fraction of sp³-hybridized carbons (Fsp3) is 0.261. The van der Waals surface area contributed by atoms with Crippen molar-refractivity contribution in [2.45, 2.75) is 18.8 Å². The summed E-state index contributed by atoms with van der Waals surface area (Å²) in [6.45, 7) is 1.34. The minimum absolute atomic E-state index is 0.0149. The maximum atomic E-state index is 13.1. The van der Waals surface area contributed by atoms with Crippen LogP contribution in [0.4, 0.5) is 16.0 Å². The highest BCUT2D eigenvalue weighted by Crippen LogP contribution is 2.27. The molecule has 0 bridgehead atoms. The van der Waals surface area contributed by atoms with Gasteiger partial charge in [-0.1, -0.05) is 0 Å². The van der Waals surface area contributed by atoms with Crippen molar-refractivity contribution in [1.29, 1.82) is 0 Å². The molecule has 0 saturated carbocycles. The summed E-state index contributed by atoms with van der Waals surface area (Å²) in [5, 5.41) is 3.10. The van der Waals surface area contributed by atoms with E-state index in [1.54, 1.807) is 49.7 Å². The predicted octanol–water partition coefficient (Wildman–Crippen LogP) is 4.39. The smallest absolute Gasteiger partial charge is 0.253 e. The number of carbonyl (C=O) groups is 1. The molecule has 1 aliphatic rings. The van der Waals surface area contributed by atoms with Crippen molar-refractivity contribution in [2.24, 2.45) is 0 Å². The van der Waals surface area contributed by atoms with Crippen LogP contribution in [0.2, 0.25) is 0 Å². The van der Waals surface area contributed by atoms with Gasteiger partial charge in [-0.15, -0.1) is 0 Å². The summed E-state index contributed by atoms with van der Waals surface area (Å²) < 4.78 is 18.3. The standard InChI is InChI=1S/C23H23FN4O2/c1-30-20-10-4-16(5-11-20)22(29)28-14-2-3-17(15-28)21-12-13-25-23(27-21)26-19-8-6-18(24)7-9-19/h4-13,17H,2-3,14-15H2,1H3,(H,25,26,27). The van der Waals surface area contributed by atoms with Gasteiger partial charge >= 0.3 is 0 Å². The molecule has 6 nitrogen and oxygen atoms in total. The summed E-state index contributed by atoms with van der Waals surface area (Å²) in [4.78, 5) is 23.7. The molecule has 1 aliphatic heterocycles. The monoisotopic (exact) mass is 406 g/mol. The Bertz CT molecular complexity index is 1010. The van der Waals surface area contributed by atoms with Crippen molar-refractivity contribution < 1.29 is 13.9 Å². The van der Waals surface area contributed by atoms with Crippen molar-refractivity contribution in [3.05, 3.63) is 77.9 Å². The number of hydrogen-bond acceptors (Lipinski definition) is 5. The van der Waals surface area contributed by atoms with E-state index in [2.05, 4.69) is 15.3 Å². The molecule has 1 aromatic heterocycles. The lowest BCUT2D eigenvalue weighted by atomic mass is 9.94. The Morgan fingerprint density at radius 3 is 2.63 bits per heavy atom. The molecule has 30 heavy (non-hydrogen) atoms. The molecule has 1 unspecified atom stereocenters. The van der Waals surface area contributed by atoms with Crippen LogP contribution >= 0.6 is 0 Å². The Morgan fingerprint density at radius 2 is 1.90 bits per heavy atom. The topological polar surface area (TPSA) is 67.3 Å². The zero-order chi connectivity index (χ0) is 20.9. The molecule has 1 N–H and O–H groups in total. The minimum atomic E-state index is -0.293. The number of rotatable bonds is 5. The third-order valence-electron chi connectivity index (χ3n) is 5.24. The van der Waals surface area contributed by atoms with E-state index in [1.807, 2.05) is 11.0 Å². The molecule has 1 fully saturated rings. The first kappa shape index (κ1) is 19.8. The molecular formula is C23H23FN4O2. The van der Waals surface area contributed by atoms with E-state index in [4.69, 9.17) is 4.74 Å². The van der Waals surface area contributed by atoms with Crippen molar-refractivity contribution in [3.63, 3.8) is 0 Å². The van der Waals surface area contributed by atoms with Gasteiger partial charge in [0.2, 0.25) is 5.95 Å². The molecule has 0 spiro atoms. The van der Waals surface area contributed by atoms with Crippen LogP contribution in [0, 0.1) is 5.82 Å². The zero-order valence-electron chi connectivity index (χ0n) is 16.7. The molecular weight excluding hydrogens is 383 g/mol. The second-order valence-electron chi connectivity index (χ2n) is 7.26. The quantitative estimate of drug-likeness (QED) is 0.681. The van der Waals surface area contributed by atoms with Crippen LogP contribution in [0.3, 0.4) is 0 Å². The second-order valence-corrected chi connectivity index (χ2v) is 7.26. The molecule has 1 atom stereocenters. The van der Waals surface area contributed by atoms with Gasteiger partial charge in [0, 0.05) is 36.5 Å². The first-order valence-electron chi connectivity index (χ1n) is 9.91. The number of benzene rings is 2. The van der Waals surface area contributed by atoms with Gasteiger partial charge in [-0.25, -0.2) is 14.4 Å². The average Bonchev–Trinajstić information content (AvgIpc) is 2.80. The highest BCUT2D eigenvalue weighted by molar-refractivity contribution is 5.94. The van der Waals surface area contributed by atoms with Crippen LogP contribution in [-0.2, 0) is 0 Å². The van der Waals surface area contributed by atoms with Crippen molar-refractivity contribution >= 4 is 17.5 Å². The number of amides is 1. The Hall–Kier alpha value is -3.48. The van der Waals surface area contributed by atoms with Gasteiger partial charge in [0.05, 0.1) is 12.8 Å². The molecule has 4 rings (SSSR count). The van der Waals surface area contributed by atoms with E-state index in [9.17, 15) is 9.18 Å². The van der Waals surface area contributed by atoms with Gasteiger partial charge in [0.1, 0.15) is 11.6 Å². The molecule has 0 aliphatic carbocycles. The lowest BCUT2D eigenvalue weighted by Crippen LogP contribution is -2.39. The number of aromatic nitrogens is 2. The summed E-state index contributed by atoms with van der Waals surface area (Å²) in [6.07, 6.45) is 3.58. The summed E-state index contributed by atoms with van der Waals surface area (Å²) in [5.41, 5.74) is 2.26. The van der Waals surface area contributed by atoms with Crippen molar-refractivity contribution in [3.8, 4) is 5.75 Å². The Morgan fingerprint density at radius 1 is 1.13 bits per heavy atom. The first-order valence-corrected chi connectivity index (χ1v) is 9.91. The van der Waals surface area contributed by atoms with Gasteiger partial charge in [-0.2, -0.15) is 0 Å². The number of anilines is 2. The number of piperidine rings is 1. The molecule has 7 heteroatoms. The number of nitrogens with one attached hydrogen (secondary N) is 1. The normalized spacial score (nSPS) is 16.2. The summed E-state index contributed by atoms with van der Waals surface area (Å²) in [6, 6.07) is 15.1. The van der Waals surface area contributed by atoms with Crippen LogP contribution in [-0.4, -0.2) is 41.0 Å². The van der Waals surface area contributed by atoms with Gasteiger partial charge in [-0.05, 0) is 67.4 Å². The summed E-state index contributed by atoms with van der Waals surface area (Å²) in [5.74, 6) is 1.04. The van der Waals surface area contributed by atoms with Crippen molar-refractivity contribution in [2.75, 3.05) is 25.5 Å². The highest BCUT2D eigenvalue weighted by atomic mass is 19.1. The fourth-order valence-electron chi connectivity index (χ4n) is 3.64. The minimum Gasteiger partial charge on any atom is -0.497 e. The van der Waals surface area contributed by atoms with Crippen LogP contribution in [0.1, 0.15) is 34.8 Å². The number of halogens is 1. The second kappa shape index (κ2) is 8.90. The van der Waals surface area contributed by atoms with Gasteiger partial charge in [0.15, 0.2) is 0 Å². The fourth-order valence-corrected chi connectivity index (χ4v) is 3.64. The average molecular weight is 406 g/mol. The van der Waals surface area contributed by atoms with Crippen LogP contribution in [0.25, 0.3) is 0 Å². The molecule has 2 aromatic carbocycles. The van der Waals surface area contributed by atoms with E-state index >= 15 is 0 Å². The SMILES string of the molecule is COc1ccc(C(=O)N2CCCC(c3ccnc(Nc4ccc(F)cc4)n3)C2)cc1. The van der Waals surface area contributed by atoms with Gasteiger partial charge in [0.25, 0.3) is 5.91 Å². The number of hydrogen-bond donors (Lipinski definition) is 1. The number of carbonyl (C=O) groups excluding carboxylic acids is 1. The molecule has 154 valence electrons. The zero-order valence-corrected chi connectivity index (χ0v) is 16.7. The lowest BCUT2D eigenvalue weighted by Gasteiger charge is -2.32. The first-order chi connectivity index (χ1) is 14.6. The van der Waals surface area contributed by atoms with Crippen molar-refractivity contribution in [1.82, 2.24) is 14.9 Å². The van der Waals surface area contributed by atoms with Crippen LogP contribution in [0.15, 0.2) is 60.8 Å². The Balaban J connectivity index is 1.46. The molecule has 3 aromatic rings. The maximum Gasteiger partial charge on any atom is 0.253 e. The number of methoxy groups -OCH3 is 1. The number of likely N-dealkylation sites (tertiary alicyclic amines) is 1. The Kier molecular flexibility index (Phi) is 5.88. The number of ether oxygens (including phenoxy) is 1. The van der Waals surface area contributed by atoms with E-state index in [1.165, 1.54) is 12.1 Å². The summed E-state index contributed by atoms with van der Waals surface area (Å²) >= 11 is 0. The van der Waals surface area contributed by atoms with Gasteiger partial charge < -0.3 is 15.0 Å². The van der Waals surface area contributed by atoms with E-state index < -0.39 is 0 Å². The maximum absolute atomic E-state index is 13.1.